The van der Waals surface area contributed by atoms with Gasteiger partial charge in [0.1, 0.15) is 11.4 Å². The normalized spacial score (nSPS) is 20.5. The molecule has 0 saturated carbocycles. The van der Waals surface area contributed by atoms with E-state index >= 15 is 0 Å². The summed E-state index contributed by atoms with van der Waals surface area (Å²) in [6, 6.07) is 3.31. The van der Waals surface area contributed by atoms with Gasteiger partial charge in [-0.05, 0) is 37.3 Å². The Hall–Kier alpha value is -1.58. The van der Waals surface area contributed by atoms with E-state index in [0.717, 1.165) is 31.8 Å². The summed E-state index contributed by atoms with van der Waals surface area (Å²) in [6.45, 7) is 4.05. The molecule has 2 heterocycles. The number of rotatable bonds is 3. The van der Waals surface area contributed by atoms with Crippen molar-refractivity contribution in [3.63, 3.8) is 0 Å². The Morgan fingerprint density at radius 1 is 1.50 bits per heavy atom. The molecule has 1 saturated heterocycles. The molecule has 1 aliphatic heterocycles. The monoisotopic (exact) mass is 248 g/mol. The third kappa shape index (κ3) is 2.81. The van der Waals surface area contributed by atoms with Gasteiger partial charge in [0.2, 0.25) is 0 Å². The largest absolute Gasteiger partial charge is 0.478 e. The first kappa shape index (κ1) is 12.9. The molecule has 18 heavy (non-hydrogen) atoms. The summed E-state index contributed by atoms with van der Waals surface area (Å²) in [5, 5.41) is 9.20. The van der Waals surface area contributed by atoms with Crippen LogP contribution in [0.1, 0.15) is 43.0 Å². The summed E-state index contributed by atoms with van der Waals surface area (Å²) in [5.74, 6) is 0.503. The van der Waals surface area contributed by atoms with E-state index in [1.54, 1.807) is 18.3 Å². The minimum Gasteiger partial charge on any atom is -0.478 e. The minimum absolute atomic E-state index is 0.312. The smallest absolute Gasteiger partial charge is 0.339 e. The molecule has 1 aromatic heterocycles. The Morgan fingerprint density at radius 3 is 3.06 bits per heavy atom. The highest BCUT2D eigenvalue weighted by atomic mass is 16.4. The average molecular weight is 248 g/mol. The van der Waals surface area contributed by atoms with E-state index in [-0.39, 0.29) is 0 Å². The Bertz CT molecular complexity index is 420. The van der Waals surface area contributed by atoms with Crippen molar-refractivity contribution in [2.24, 2.45) is 5.92 Å². The second kappa shape index (κ2) is 5.85. The molecule has 1 unspecified atom stereocenters. The Kier molecular flexibility index (Phi) is 4.18. The van der Waals surface area contributed by atoms with E-state index in [1.165, 1.54) is 12.8 Å². The first-order valence-corrected chi connectivity index (χ1v) is 6.65. The number of pyridine rings is 1. The van der Waals surface area contributed by atoms with Gasteiger partial charge in [0.15, 0.2) is 0 Å². The third-order valence-electron chi connectivity index (χ3n) is 3.74. The van der Waals surface area contributed by atoms with Crippen molar-refractivity contribution in [1.82, 2.24) is 4.98 Å². The molecular formula is C14H20N2O2. The summed E-state index contributed by atoms with van der Waals surface area (Å²) in [6.07, 6.45) is 6.37. The fourth-order valence-corrected chi connectivity index (χ4v) is 2.60. The highest BCUT2D eigenvalue weighted by Crippen LogP contribution is 2.25. The maximum Gasteiger partial charge on any atom is 0.339 e. The van der Waals surface area contributed by atoms with Gasteiger partial charge in [-0.3, -0.25) is 0 Å². The number of aromatic carboxylic acids is 1. The fraction of sp³-hybridized carbons (Fsp3) is 0.571. The molecule has 0 aliphatic carbocycles. The highest BCUT2D eigenvalue weighted by Gasteiger charge is 2.20. The lowest BCUT2D eigenvalue weighted by Gasteiger charge is -2.23. The number of carboxylic acids is 1. The van der Waals surface area contributed by atoms with E-state index in [4.69, 9.17) is 0 Å². The van der Waals surface area contributed by atoms with Crippen molar-refractivity contribution in [1.29, 1.82) is 0 Å². The minimum atomic E-state index is -0.894. The van der Waals surface area contributed by atoms with E-state index in [1.807, 2.05) is 0 Å². The number of aromatic nitrogens is 1. The molecule has 4 heteroatoms. The fourth-order valence-electron chi connectivity index (χ4n) is 2.60. The molecule has 1 aromatic rings. The van der Waals surface area contributed by atoms with Gasteiger partial charge >= 0.3 is 5.97 Å². The molecule has 0 radical (unpaired) electrons. The van der Waals surface area contributed by atoms with Crippen LogP contribution in [-0.2, 0) is 0 Å². The lowest BCUT2D eigenvalue weighted by molar-refractivity contribution is 0.0697. The van der Waals surface area contributed by atoms with Crippen LogP contribution >= 0.6 is 0 Å². The van der Waals surface area contributed by atoms with Gasteiger partial charge in [0.25, 0.3) is 0 Å². The molecule has 0 bridgehead atoms. The molecule has 1 fully saturated rings. The van der Waals surface area contributed by atoms with Gasteiger partial charge in [-0.25, -0.2) is 9.78 Å². The van der Waals surface area contributed by atoms with Crippen molar-refractivity contribution in [2.45, 2.75) is 32.6 Å². The van der Waals surface area contributed by atoms with Crippen molar-refractivity contribution in [3.8, 4) is 0 Å². The average Bonchev–Trinajstić information content (AvgIpc) is 2.63. The summed E-state index contributed by atoms with van der Waals surface area (Å²) in [5.41, 5.74) is 0.312. The van der Waals surface area contributed by atoms with E-state index in [0.29, 0.717) is 11.4 Å². The van der Waals surface area contributed by atoms with E-state index in [2.05, 4.69) is 16.8 Å². The van der Waals surface area contributed by atoms with Crippen LogP contribution in [0.5, 0.6) is 0 Å². The second-order valence-electron chi connectivity index (χ2n) is 4.87. The van der Waals surface area contributed by atoms with E-state index < -0.39 is 5.97 Å². The zero-order chi connectivity index (χ0) is 13.0. The van der Waals surface area contributed by atoms with Crippen LogP contribution in [0.15, 0.2) is 18.3 Å². The number of carbonyl (C=O) groups is 1. The standard InChI is InChI=1S/C14H20N2O2/c1-2-11-5-4-9-16(10-7-11)13-12(14(17)18)6-3-8-15-13/h3,6,8,11H,2,4-5,7,9-10H2,1H3,(H,17,18). The topological polar surface area (TPSA) is 53.4 Å². The van der Waals surface area contributed by atoms with Gasteiger partial charge in [0.05, 0.1) is 0 Å². The molecule has 1 N–H and O–H groups in total. The summed E-state index contributed by atoms with van der Waals surface area (Å²) in [7, 11) is 0. The molecule has 0 aromatic carbocycles. The molecule has 0 amide bonds. The van der Waals surface area contributed by atoms with Gasteiger partial charge in [-0.2, -0.15) is 0 Å². The van der Waals surface area contributed by atoms with E-state index in [9.17, 15) is 9.90 Å². The molecular weight excluding hydrogens is 228 g/mol. The maximum atomic E-state index is 11.2. The number of nitrogens with zero attached hydrogens (tertiary/aromatic N) is 2. The number of hydrogen-bond acceptors (Lipinski definition) is 3. The van der Waals surface area contributed by atoms with Crippen molar-refractivity contribution < 1.29 is 9.90 Å². The zero-order valence-corrected chi connectivity index (χ0v) is 10.8. The number of carboxylic acid groups (broad SMARTS) is 1. The van der Waals surface area contributed by atoms with Crippen LogP contribution in [0.25, 0.3) is 0 Å². The maximum absolute atomic E-state index is 11.2. The molecule has 4 nitrogen and oxygen atoms in total. The number of hydrogen-bond donors (Lipinski definition) is 1. The second-order valence-corrected chi connectivity index (χ2v) is 4.87. The van der Waals surface area contributed by atoms with Crippen LogP contribution in [0.2, 0.25) is 0 Å². The van der Waals surface area contributed by atoms with Crippen LogP contribution in [0.3, 0.4) is 0 Å². The summed E-state index contributed by atoms with van der Waals surface area (Å²) >= 11 is 0. The first-order chi connectivity index (χ1) is 8.72. The highest BCUT2D eigenvalue weighted by molar-refractivity contribution is 5.93. The van der Waals surface area contributed by atoms with Gasteiger partial charge in [0, 0.05) is 19.3 Å². The Morgan fingerprint density at radius 2 is 2.33 bits per heavy atom. The van der Waals surface area contributed by atoms with Crippen LogP contribution in [-0.4, -0.2) is 29.1 Å². The quantitative estimate of drug-likeness (QED) is 0.893. The lowest BCUT2D eigenvalue weighted by atomic mass is 9.98. The lowest BCUT2D eigenvalue weighted by Crippen LogP contribution is -2.27. The van der Waals surface area contributed by atoms with Crippen molar-refractivity contribution >= 4 is 11.8 Å². The van der Waals surface area contributed by atoms with Gasteiger partial charge in [-0.15, -0.1) is 0 Å². The Balaban J connectivity index is 2.18. The molecule has 2 rings (SSSR count). The molecule has 1 aliphatic rings. The predicted molar refractivity (Wildman–Crippen MR) is 71.0 cm³/mol. The molecule has 98 valence electrons. The Labute approximate surface area is 108 Å². The summed E-state index contributed by atoms with van der Waals surface area (Å²) < 4.78 is 0. The van der Waals surface area contributed by atoms with Gasteiger partial charge < -0.3 is 10.0 Å². The zero-order valence-electron chi connectivity index (χ0n) is 10.8. The molecule has 1 atom stereocenters. The van der Waals surface area contributed by atoms with Gasteiger partial charge in [-0.1, -0.05) is 13.3 Å². The van der Waals surface area contributed by atoms with Crippen LogP contribution in [0, 0.1) is 5.92 Å². The summed E-state index contributed by atoms with van der Waals surface area (Å²) in [4.78, 5) is 17.6. The van der Waals surface area contributed by atoms with Crippen molar-refractivity contribution in [2.75, 3.05) is 18.0 Å². The number of anilines is 1. The molecule has 0 spiro atoms. The SMILES string of the molecule is CCC1CCCN(c2ncccc2C(=O)O)CC1. The van der Waals surface area contributed by atoms with Crippen molar-refractivity contribution in [3.05, 3.63) is 23.9 Å². The van der Waals surface area contributed by atoms with Crippen LogP contribution < -0.4 is 4.90 Å². The van der Waals surface area contributed by atoms with Crippen LogP contribution in [0.4, 0.5) is 5.82 Å². The predicted octanol–water partition coefficient (Wildman–Crippen LogP) is 2.80. The third-order valence-corrected chi connectivity index (χ3v) is 3.74. The first-order valence-electron chi connectivity index (χ1n) is 6.65.